The molecule has 4 heteroatoms. The molecular formula is C14H26N4. The third-order valence-corrected chi connectivity index (χ3v) is 4.30. The molecule has 4 nitrogen and oxygen atoms in total. The number of hydrogen-bond donors (Lipinski definition) is 1. The summed E-state index contributed by atoms with van der Waals surface area (Å²) in [6, 6.07) is 0.547. The summed E-state index contributed by atoms with van der Waals surface area (Å²) in [5.74, 6) is 1.89. The first-order valence-electron chi connectivity index (χ1n) is 7.31. The molecule has 1 aromatic heterocycles. The van der Waals surface area contributed by atoms with Crippen LogP contribution in [0.1, 0.15) is 50.8 Å². The Morgan fingerprint density at radius 3 is 2.50 bits per heavy atom. The minimum Gasteiger partial charge on any atom is -0.316 e. The van der Waals surface area contributed by atoms with Gasteiger partial charge in [-0.1, -0.05) is 32.1 Å². The maximum absolute atomic E-state index is 4.35. The number of nitrogens with zero attached hydrogens (tertiary/aromatic N) is 3. The van der Waals surface area contributed by atoms with Crippen molar-refractivity contribution >= 4 is 0 Å². The molecule has 1 aliphatic rings. The minimum absolute atomic E-state index is 0.547. The SMILES string of the molecule is CNC(Cc1ncnn1C)C1CCCCCCC1. The van der Waals surface area contributed by atoms with Gasteiger partial charge in [-0.3, -0.25) is 4.68 Å². The van der Waals surface area contributed by atoms with Crippen LogP contribution in [0, 0.1) is 5.92 Å². The Hall–Kier alpha value is -0.900. The summed E-state index contributed by atoms with van der Waals surface area (Å²) >= 11 is 0. The Labute approximate surface area is 110 Å². The summed E-state index contributed by atoms with van der Waals surface area (Å²) < 4.78 is 1.90. The third kappa shape index (κ3) is 3.55. The molecule has 0 saturated heterocycles. The zero-order valence-electron chi connectivity index (χ0n) is 11.7. The summed E-state index contributed by atoms with van der Waals surface area (Å²) in [6.07, 6.45) is 12.4. The molecule has 1 atom stereocenters. The lowest BCUT2D eigenvalue weighted by atomic mass is 9.84. The molecule has 1 unspecified atom stereocenters. The molecule has 102 valence electrons. The first-order valence-corrected chi connectivity index (χ1v) is 7.31. The quantitative estimate of drug-likeness (QED) is 0.891. The van der Waals surface area contributed by atoms with Gasteiger partial charge in [0.2, 0.25) is 0 Å². The minimum atomic E-state index is 0.547. The second-order valence-corrected chi connectivity index (χ2v) is 5.50. The number of likely N-dealkylation sites (N-methyl/N-ethyl adjacent to an activating group) is 1. The number of aryl methyl sites for hydroxylation is 1. The Morgan fingerprint density at radius 2 is 1.94 bits per heavy atom. The van der Waals surface area contributed by atoms with E-state index in [1.54, 1.807) is 6.33 Å². The first-order chi connectivity index (χ1) is 8.81. The van der Waals surface area contributed by atoms with Crippen molar-refractivity contribution in [1.29, 1.82) is 0 Å². The summed E-state index contributed by atoms with van der Waals surface area (Å²) in [6.45, 7) is 0. The third-order valence-electron chi connectivity index (χ3n) is 4.30. The number of aromatic nitrogens is 3. The van der Waals surface area contributed by atoms with E-state index < -0.39 is 0 Å². The largest absolute Gasteiger partial charge is 0.316 e. The van der Waals surface area contributed by atoms with E-state index in [4.69, 9.17) is 0 Å². The van der Waals surface area contributed by atoms with E-state index in [1.165, 1.54) is 44.9 Å². The van der Waals surface area contributed by atoms with Gasteiger partial charge in [-0.15, -0.1) is 0 Å². The van der Waals surface area contributed by atoms with Gasteiger partial charge in [0.05, 0.1) is 0 Å². The topological polar surface area (TPSA) is 42.7 Å². The van der Waals surface area contributed by atoms with Crippen LogP contribution in [0.2, 0.25) is 0 Å². The zero-order chi connectivity index (χ0) is 12.8. The predicted molar refractivity (Wildman–Crippen MR) is 73.4 cm³/mol. The molecule has 0 spiro atoms. The van der Waals surface area contributed by atoms with E-state index in [9.17, 15) is 0 Å². The monoisotopic (exact) mass is 250 g/mol. The molecule has 1 heterocycles. The van der Waals surface area contributed by atoms with Crippen molar-refractivity contribution in [2.45, 2.75) is 57.4 Å². The Bertz CT molecular complexity index is 339. The highest BCUT2D eigenvalue weighted by Crippen LogP contribution is 2.26. The molecule has 18 heavy (non-hydrogen) atoms. The zero-order valence-corrected chi connectivity index (χ0v) is 11.7. The van der Waals surface area contributed by atoms with Gasteiger partial charge in [-0.25, -0.2) is 4.98 Å². The van der Waals surface area contributed by atoms with Crippen LogP contribution in [0.4, 0.5) is 0 Å². The second kappa shape index (κ2) is 6.88. The van der Waals surface area contributed by atoms with E-state index in [-0.39, 0.29) is 0 Å². The molecule has 0 aliphatic heterocycles. The van der Waals surface area contributed by atoms with Crippen LogP contribution in [-0.4, -0.2) is 27.9 Å². The van der Waals surface area contributed by atoms with Crippen molar-refractivity contribution in [2.75, 3.05) is 7.05 Å². The molecular weight excluding hydrogens is 224 g/mol. The van der Waals surface area contributed by atoms with Crippen molar-refractivity contribution in [2.24, 2.45) is 13.0 Å². The van der Waals surface area contributed by atoms with Crippen LogP contribution in [0.15, 0.2) is 6.33 Å². The van der Waals surface area contributed by atoms with Gasteiger partial charge >= 0.3 is 0 Å². The maximum atomic E-state index is 4.35. The summed E-state index contributed by atoms with van der Waals surface area (Å²) in [7, 11) is 4.06. The first kappa shape index (κ1) is 13.5. The van der Waals surface area contributed by atoms with Gasteiger partial charge in [0, 0.05) is 19.5 Å². The van der Waals surface area contributed by atoms with E-state index in [1.807, 2.05) is 11.7 Å². The van der Waals surface area contributed by atoms with Crippen LogP contribution in [0.5, 0.6) is 0 Å². The molecule has 2 rings (SSSR count). The molecule has 1 N–H and O–H groups in total. The number of hydrogen-bond acceptors (Lipinski definition) is 3. The average Bonchev–Trinajstić information content (AvgIpc) is 2.72. The van der Waals surface area contributed by atoms with E-state index in [0.717, 1.165) is 18.2 Å². The second-order valence-electron chi connectivity index (χ2n) is 5.50. The summed E-state index contributed by atoms with van der Waals surface area (Å²) in [5, 5.41) is 7.66. The summed E-state index contributed by atoms with van der Waals surface area (Å²) in [5.41, 5.74) is 0. The van der Waals surface area contributed by atoms with Crippen LogP contribution in [0.3, 0.4) is 0 Å². The van der Waals surface area contributed by atoms with E-state index >= 15 is 0 Å². The maximum Gasteiger partial charge on any atom is 0.138 e. The highest BCUT2D eigenvalue weighted by molar-refractivity contribution is 4.91. The standard InChI is InChI=1S/C14H26N4/c1-15-13(10-14-16-11-17-18(14)2)12-8-6-4-3-5-7-9-12/h11-13,15H,3-10H2,1-2H3. The van der Waals surface area contributed by atoms with Crippen molar-refractivity contribution in [3.63, 3.8) is 0 Å². The summed E-state index contributed by atoms with van der Waals surface area (Å²) in [4.78, 5) is 4.35. The average molecular weight is 250 g/mol. The molecule has 0 amide bonds. The van der Waals surface area contributed by atoms with Crippen LogP contribution in [-0.2, 0) is 13.5 Å². The molecule has 0 aromatic carbocycles. The van der Waals surface area contributed by atoms with Gasteiger partial charge in [0.25, 0.3) is 0 Å². The lowest BCUT2D eigenvalue weighted by Gasteiger charge is -2.28. The predicted octanol–water partition coefficient (Wildman–Crippen LogP) is 2.31. The molecule has 1 aromatic rings. The Morgan fingerprint density at radius 1 is 1.28 bits per heavy atom. The lowest BCUT2D eigenvalue weighted by molar-refractivity contribution is 0.289. The van der Waals surface area contributed by atoms with Crippen molar-refractivity contribution in [3.8, 4) is 0 Å². The normalized spacial score (nSPS) is 20.3. The highest BCUT2D eigenvalue weighted by atomic mass is 15.3. The van der Waals surface area contributed by atoms with Crippen LogP contribution < -0.4 is 5.32 Å². The van der Waals surface area contributed by atoms with Gasteiger partial charge < -0.3 is 5.32 Å². The molecule has 0 bridgehead atoms. The number of rotatable bonds is 4. The Kier molecular flexibility index (Phi) is 5.17. The fourth-order valence-electron chi connectivity index (χ4n) is 3.10. The van der Waals surface area contributed by atoms with Gasteiger partial charge in [0.1, 0.15) is 12.2 Å². The van der Waals surface area contributed by atoms with E-state index in [0.29, 0.717) is 6.04 Å². The fourth-order valence-corrected chi connectivity index (χ4v) is 3.10. The van der Waals surface area contributed by atoms with Crippen molar-refractivity contribution in [1.82, 2.24) is 20.1 Å². The smallest absolute Gasteiger partial charge is 0.138 e. The fraction of sp³-hybridized carbons (Fsp3) is 0.857. The Balaban J connectivity index is 1.95. The van der Waals surface area contributed by atoms with Crippen LogP contribution in [0.25, 0.3) is 0 Å². The van der Waals surface area contributed by atoms with E-state index in [2.05, 4.69) is 22.4 Å². The van der Waals surface area contributed by atoms with Crippen molar-refractivity contribution < 1.29 is 0 Å². The lowest BCUT2D eigenvalue weighted by Crippen LogP contribution is -2.36. The van der Waals surface area contributed by atoms with Gasteiger partial charge in [-0.2, -0.15) is 5.10 Å². The molecule has 0 radical (unpaired) electrons. The van der Waals surface area contributed by atoms with Crippen LogP contribution >= 0.6 is 0 Å². The van der Waals surface area contributed by atoms with Gasteiger partial charge in [0.15, 0.2) is 0 Å². The molecule has 1 aliphatic carbocycles. The molecule has 1 fully saturated rings. The number of nitrogens with one attached hydrogen (secondary N) is 1. The van der Waals surface area contributed by atoms with Crippen molar-refractivity contribution in [3.05, 3.63) is 12.2 Å². The molecule has 1 saturated carbocycles. The van der Waals surface area contributed by atoms with Gasteiger partial charge in [-0.05, 0) is 25.8 Å². The highest BCUT2D eigenvalue weighted by Gasteiger charge is 2.22.